The van der Waals surface area contributed by atoms with Gasteiger partial charge in [0.15, 0.2) is 0 Å². The molecule has 1 unspecified atom stereocenters. The Labute approximate surface area is 167 Å². The molecule has 1 aliphatic rings. The number of ether oxygens (including phenoxy) is 1. The van der Waals surface area contributed by atoms with Crippen LogP contribution < -0.4 is 10.6 Å². The first-order valence-electron chi connectivity index (χ1n) is 8.95. The minimum absolute atomic E-state index is 0.121. The number of rotatable bonds is 6. The van der Waals surface area contributed by atoms with Crippen LogP contribution in [0.3, 0.4) is 0 Å². The predicted octanol–water partition coefficient (Wildman–Crippen LogP) is 3.46. The minimum atomic E-state index is -0.341. The molecule has 1 aliphatic heterocycles. The van der Waals surface area contributed by atoms with Crippen LogP contribution in [0.1, 0.15) is 17.2 Å². The van der Waals surface area contributed by atoms with Crippen molar-refractivity contribution in [3.05, 3.63) is 69.9 Å². The van der Waals surface area contributed by atoms with Crippen LogP contribution >= 0.6 is 15.9 Å². The summed E-state index contributed by atoms with van der Waals surface area (Å²) < 4.78 is 20.0. The van der Waals surface area contributed by atoms with Crippen LogP contribution in [0.5, 0.6) is 0 Å². The van der Waals surface area contributed by atoms with E-state index < -0.39 is 0 Å². The van der Waals surface area contributed by atoms with Crippen LogP contribution in [-0.2, 0) is 11.3 Å². The van der Waals surface area contributed by atoms with E-state index in [9.17, 15) is 9.18 Å². The molecule has 0 spiro atoms. The van der Waals surface area contributed by atoms with Crippen molar-refractivity contribution in [3.63, 3.8) is 0 Å². The Hall–Kier alpha value is -1.96. The molecule has 2 N–H and O–H groups in total. The van der Waals surface area contributed by atoms with E-state index in [0.717, 1.165) is 23.1 Å². The fourth-order valence-corrected chi connectivity index (χ4v) is 3.43. The Balaban J connectivity index is 1.62. The lowest BCUT2D eigenvalue weighted by Crippen LogP contribution is -2.45. The zero-order valence-corrected chi connectivity index (χ0v) is 16.5. The predicted molar refractivity (Wildman–Crippen MR) is 106 cm³/mol. The summed E-state index contributed by atoms with van der Waals surface area (Å²) in [6.45, 7) is 3.92. The highest BCUT2D eigenvalue weighted by Gasteiger charge is 2.20. The number of hydrogen-bond donors (Lipinski definition) is 2. The lowest BCUT2D eigenvalue weighted by Gasteiger charge is -2.31. The molecule has 2 amide bonds. The van der Waals surface area contributed by atoms with Crippen molar-refractivity contribution in [2.45, 2.75) is 12.6 Å². The zero-order chi connectivity index (χ0) is 19.1. The lowest BCUT2D eigenvalue weighted by molar-refractivity contribution is 0.0340. The molecule has 0 aliphatic carbocycles. The second kappa shape index (κ2) is 9.82. The molecule has 1 atom stereocenters. The molecule has 1 heterocycles. The van der Waals surface area contributed by atoms with Crippen molar-refractivity contribution in [2.75, 3.05) is 32.8 Å². The topological polar surface area (TPSA) is 53.6 Å². The molecule has 0 radical (unpaired) electrons. The highest BCUT2D eigenvalue weighted by atomic mass is 79.9. The molecule has 0 bridgehead atoms. The monoisotopic (exact) mass is 435 g/mol. The molecule has 3 rings (SSSR count). The number of hydrogen-bond acceptors (Lipinski definition) is 3. The molecule has 7 heteroatoms. The first kappa shape index (κ1) is 19.8. The van der Waals surface area contributed by atoms with Gasteiger partial charge in [-0.2, -0.15) is 0 Å². The van der Waals surface area contributed by atoms with Crippen molar-refractivity contribution < 1.29 is 13.9 Å². The smallest absolute Gasteiger partial charge is 0.315 e. The SMILES string of the molecule is O=C(NCc1cc(Br)ccc1F)NC(CN1CCOCC1)c1ccccc1. The Morgan fingerprint density at radius 2 is 1.93 bits per heavy atom. The molecule has 2 aromatic carbocycles. The molecule has 0 aromatic heterocycles. The Morgan fingerprint density at radius 1 is 1.19 bits per heavy atom. The van der Waals surface area contributed by atoms with Crippen molar-refractivity contribution >= 4 is 22.0 Å². The van der Waals surface area contributed by atoms with E-state index in [1.807, 2.05) is 30.3 Å². The molecule has 27 heavy (non-hydrogen) atoms. The van der Waals surface area contributed by atoms with E-state index in [4.69, 9.17) is 4.74 Å². The number of carbonyl (C=O) groups excluding carboxylic acids is 1. The maximum Gasteiger partial charge on any atom is 0.315 e. The summed E-state index contributed by atoms with van der Waals surface area (Å²) >= 11 is 3.32. The highest BCUT2D eigenvalue weighted by Crippen LogP contribution is 2.17. The maximum atomic E-state index is 13.8. The first-order chi connectivity index (χ1) is 13.1. The van der Waals surface area contributed by atoms with Gasteiger partial charge >= 0.3 is 6.03 Å². The molecule has 144 valence electrons. The number of amides is 2. The lowest BCUT2D eigenvalue weighted by atomic mass is 10.1. The van der Waals surface area contributed by atoms with Gasteiger partial charge in [0.1, 0.15) is 5.82 Å². The first-order valence-corrected chi connectivity index (χ1v) is 9.74. The van der Waals surface area contributed by atoms with Crippen LogP contribution in [0, 0.1) is 5.82 Å². The van der Waals surface area contributed by atoms with Crippen LogP contribution in [-0.4, -0.2) is 43.8 Å². The Morgan fingerprint density at radius 3 is 2.67 bits per heavy atom. The van der Waals surface area contributed by atoms with E-state index in [0.29, 0.717) is 25.3 Å². The summed E-state index contributed by atoms with van der Waals surface area (Å²) in [5, 5.41) is 5.77. The van der Waals surface area contributed by atoms with E-state index in [2.05, 4.69) is 31.5 Å². The van der Waals surface area contributed by atoms with Gasteiger partial charge in [-0.25, -0.2) is 9.18 Å². The summed E-state index contributed by atoms with van der Waals surface area (Å²) in [6.07, 6.45) is 0. The van der Waals surface area contributed by atoms with E-state index in [1.165, 1.54) is 6.07 Å². The van der Waals surface area contributed by atoms with Gasteiger partial charge < -0.3 is 15.4 Å². The summed E-state index contributed by atoms with van der Waals surface area (Å²) in [4.78, 5) is 14.7. The molecule has 0 saturated carbocycles. The van der Waals surface area contributed by atoms with Crippen molar-refractivity contribution in [1.29, 1.82) is 0 Å². The normalized spacial score (nSPS) is 15.9. The largest absolute Gasteiger partial charge is 0.379 e. The van der Waals surface area contributed by atoms with Gasteiger partial charge in [-0.05, 0) is 23.8 Å². The van der Waals surface area contributed by atoms with Crippen LogP contribution in [0.15, 0.2) is 53.0 Å². The number of urea groups is 1. The maximum absolute atomic E-state index is 13.8. The molecular weight excluding hydrogens is 413 g/mol. The van der Waals surface area contributed by atoms with Gasteiger partial charge in [0.25, 0.3) is 0 Å². The number of carbonyl (C=O) groups is 1. The minimum Gasteiger partial charge on any atom is -0.379 e. The molecular formula is C20H23BrFN3O2. The number of halogens is 2. The third-order valence-electron chi connectivity index (χ3n) is 4.50. The van der Waals surface area contributed by atoms with Gasteiger partial charge in [0.2, 0.25) is 0 Å². The quantitative estimate of drug-likeness (QED) is 0.730. The van der Waals surface area contributed by atoms with Gasteiger partial charge in [-0.3, -0.25) is 4.90 Å². The second-order valence-corrected chi connectivity index (χ2v) is 7.35. The van der Waals surface area contributed by atoms with Crippen molar-refractivity contribution in [3.8, 4) is 0 Å². The standard InChI is InChI=1S/C20H23BrFN3O2/c21-17-6-7-18(22)16(12-17)13-23-20(26)24-19(15-4-2-1-3-5-15)14-25-8-10-27-11-9-25/h1-7,12,19H,8-11,13-14H2,(H2,23,24,26). The Bertz CT molecular complexity index is 754. The number of nitrogens with zero attached hydrogens (tertiary/aromatic N) is 1. The van der Waals surface area contributed by atoms with E-state index in [1.54, 1.807) is 12.1 Å². The number of morpholine rings is 1. The summed E-state index contributed by atoms with van der Waals surface area (Å²) in [6, 6.07) is 14.1. The second-order valence-electron chi connectivity index (χ2n) is 6.44. The molecule has 1 fully saturated rings. The van der Waals surface area contributed by atoms with Crippen LogP contribution in [0.2, 0.25) is 0 Å². The molecule has 1 saturated heterocycles. The molecule has 5 nitrogen and oxygen atoms in total. The summed E-state index contributed by atoms with van der Waals surface area (Å²) in [5.41, 5.74) is 1.47. The molecule has 2 aromatic rings. The summed E-state index contributed by atoms with van der Waals surface area (Å²) in [5.74, 6) is -0.341. The van der Waals surface area contributed by atoms with Crippen LogP contribution in [0.4, 0.5) is 9.18 Å². The van der Waals surface area contributed by atoms with Crippen LogP contribution in [0.25, 0.3) is 0 Å². The van der Waals surface area contributed by atoms with E-state index in [-0.39, 0.29) is 24.4 Å². The van der Waals surface area contributed by atoms with E-state index >= 15 is 0 Å². The zero-order valence-electron chi connectivity index (χ0n) is 15.0. The average Bonchev–Trinajstić information content (AvgIpc) is 2.69. The Kier molecular flexibility index (Phi) is 7.20. The highest BCUT2D eigenvalue weighted by molar-refractivity contribution is 9.10. The fraction of sp³-hybridized carbons (Fsp3) is 0.350. The number of benzene rings is 2. The third-order valence-corrected chi connectivity index (χ3v) is 4.99. The summed E-state index contributed by atoms with van der Waals surface area (Å²) in [7, 11) is 0. The van der Waals surface area contributed by atoms with Crippen molar-refractivity contribution in [2.24, 2.45) is 0 Å². The van der Waals surface area contributed by atoms with Crippen molar-refractivity contribution in [1.82, 2.24) is 15.5 Å². The van der Waals surface area contributed by atoms with Gasteiger partial charge in [0, 0.05) is 36.2 Å². The third kappa shape index (κ3) is 6.02. The van der Waals surface area contributed by atoms with Gasteiger partial charge in [0.05, 0.1) is 19.3 Å². The number of nitrogens with one attached hydrogen (secondary N) is 2. The fourth-order valence-electron chi connectivity index (χ4n) is 3.03. The van der Waals surface area contributed by atoms with Gasteiger partial charge in [-0.15, -0.1) is 0 Å². The van der Waals surface area contributed by atoms with Gasteiger partial charge in [-0.1, -0.05) is 46.3 Å². The average molecular weight is 436 g/mol.